The normalized spacial score (nSPS) is 13.6. The number of hydrogen-bond acceptors (Lipinski definition) is 7. The third-order valence-electron chi connectivity index (χ3n) is 6.17. The second-order valence-electron chi connectivity index (χ2n) is 8.72. The van der Waals surface area contributed by atoms with Crippen LogP contribution in [0.2, 0.25) is 0 Å². The number of fused-ring (bicyclic) bond motifs is 1. The molecule has 0 aliphatic heterocycles. The number of amides is 2. The van der Waals surface area contributed by atoms with E-state index in [4.69, 9.17) is 9.47 Å². The highest BCUT2D eigenvalue weighted by Gasteiger charge is 2.27. The van der Waals surface area contributed by atoms with Gasteiger partial charge in [-0.25, -0.2) is 4.79 Å². The monoisotopic (exact) mass is 538 g/mol. The first-order valence-electron chi connectivity index (χ1n) is 12.2. The van der Waals surface area contributed by atoms with Gasteiger partial charge in [-0.2, -0.15) is 0 Å². The van der Waals surface area contributed by atoms with E-state index in [0.717, 1.165) is 47.4 Å². The largest absolute Gasteiger partial charge is 0.497 e. The molecule has 1 unspecified atom stereocenters. The van der Waals surface area contributed by atoms with Crippen LogP contribution < -0.4 is 15.4 Å². The number of esters is 1. The molecule has 7 nitrogen and oxygen atoms in total. The molecular formula is C28H30N2O5S2. The van der Waals surface area contributed by atoms with E-state index in [2.05, 4.69) is 10.6 Å². The minimum atomic E-state index is -0.431. The third-order valence-corrected chi connectivity index (χ3v) is 8.47. The first kappa shape index (κ1) is 26.8. The highest BCUT2D eigenvalue weighted by molar-refractivity contribution is 8.00. The fourth-order valence-electron chi connectivity index (χ4n) is 4.21. The van der Waals surface area contributed by atoms with Crippen molar-refractivity contribution in [3.05, 3.63) is 70.1 Å². The van der Waals surface area contributed by atoms with E-state index < -0.39 is 11.2 Å². The van der Waals surface area contributed by atoms with Crippen molar-refractivity contribution < 1.29 is 23.9 Å². The molecule has 1 aromatic heterocycles. The van der Waals surface area contributed by atoms with Crippen LogP contribution in [-0.4, -0.2) is 37.3 Å². The summed E-state index contributed by atoms with van der Waals surface area (Å²) >= 11 is 2.86. The van der Waals surface area contributed by atoms with E-state index in [9.17, 15) is 14.4 Å². The SMILES string of the molecule is COC(=O)c1c(NC(=O)C(C)Sc2cccc(NC(=O)c3ccc(OC)cc3)c2)sc2c1CCCCC2. The van der Waals surface area contributed by atoms with Gasteiger partial charge in [0.15, 0.2) is 0 Å². The number of ether oxygens (including phenoxy) is 2. The molecule has 2 N–H and O–H groups in total. The Bertz CT molecular complexity index is 1290. The summed E-state index contributed by atoms with van der Waals surface area (Å²) in [7, 11) is 2.94. The summed E-state index contributed by atoms with van der Waals surface area (Å²) < 4.78 is 10.2. The Morgan fingerprint density at radius 2 is 1.73 bits per heavy atom. The average Bonchev–Trinajstić information content (AvgIpc) is 3.08. The molecular weight excluding hydrogens is 508 g/mol. The highest BCUT2D eigenvalue weighted by atomic mass is 32.2. The Kier molecular flexibility index (Phi) is 8.89. The van der Waals surface area contributed by atoms with Gasteiger partial charge in [0, 0.05) is 21.0 Å². The lowest BCUT2D eigenvalue weighted by Gasteiger charge is -2.13. The van der Waals surface area contributed by atoms with Crippen LogP contribution in [0.25, 0.3) is 0 Å². The molecule has 1 atom stereocenters. The number of carbonyl (C=O) groups is 3. The predicted octanol–water partition coefficient (Wildman–Crippen LogP) is 6.18. The van der Waals surface area contributed by atoms with Crippen LogP contribution in [0.15, 0.2) is 53.4 Å². The molecule has 194 valence electrons. The van der Waals surface area contributed by atoms with E-state index in [0.29, 0.717) is 27.6 Å². The smallest absolute Gasteiger partial charge is 0.341 e. The molecule has 0 radical (unpaired) electrons. The van der Waals surface area contributed by atoms with Gasteiger partial charge in [0.25, 0.3) is 5.91 Å². The summed E-state index contributed by atoms with van der Waals surface area (Å²) in [5.41, 5.74) is 2.67. The molecule has 0 bridgehead atoms. The quantitative estimate of drug-likeness (QED) is 0.202. The van der Waals surface area contributed by atoms with Gasteiger partial charge in [0.2, 0.25) is 5.91 Å². The Morgan fingerprint density at radius 1 is 0.973 bits per heavy atom. The van der Waals surface area contributed by atoms with Gasteiger partial charge < -0.3 is 20.1 Å². The van der Waals surface area contributed by atoms with Crippen molar-refractivity contribution in [1.82, 2.24) is 0 Å². The number of thioether (sulfide) groups is 1. The number of anilines is 2. The van der Waals surface area contributed by atoms with Gasteiger partial charge in [-0.15, -0.1) is 23.1 Å². The maximum Gasteiger partial charge on any atom is 0.341 e. The van der Waals surface area contributed by atoms with Crippen molar-refractivity contribution in [3.63, 3.8) is 0 Å². The molecule has 0 fully saturated rings. The third kappa shape index (κ3) is 6.53. The topological polar surface area (TPSA) is 93.7 Å². The number of carbonyl (C=O) groups excluding carboxylic acids is 3. The average molecular weight is 539 g/mol. The standard InChI is InChI=1S/C28H30N2O5S2/c1-17(25(31)30-27-24(28(33)35-3)22-10-5-4-6-11-23(22)37-27)36-21-9-7-8-19(16-21)29-26(32)18-12-14-20(34-2)15-13-18/h7-9,12-17H,4-6,10-11H2,1-3H3,(H,29,32)(H,30,31). The van der Waals surface area contributed by atoms with Gasteiger partial charge in [0.1, 0.15) is 10.8 Å². The number of benzene rings is 2. The zero-order valence-corrected chi connectivity index (χ0v) is 22.7. The fourth-order valence-corrected chi connectivity index (χ4v) is 6.42. The van der Waals surface area contributed by atoms with E-state index in [-0.39, 0.29) is 11.8 Å². The van der Waals surface area contributed by atoms with Gasteiger partial charge in [0.05, 0.1) is 25.0 Å². The first-order valence-corrected chi connectivity index (χ1v) is 13.8. The van der Waals surface area contributed by atoms with Gasteiger partial charge in [-0.05, 0) is 80.6 Å². The molecule has 1 heterocycles. The lowest BCUT2D eigenvalue weighted by molar-refractivity contribution is -0.115. The zero-order chi connectivity index (χ0) is 26.4. The molecule has 37 heavy (non-hydrogen) atoms. The number of methoxy groups -OCH3 is 2. The Balaban J connectivity index is 1.43. The molecule has 3 aromatic rings. The van der Waals surface area contributed by atoms with Crippen molar-refractivity contribution in [2.45, 2.75) is 49.2 Å². The number of thiophene rings is 1. The van der Waals surface area contributed by atoms with Gasteiger partial charge >= 0.3 is 5.97 Å². The molecule has 0 saturated carbocycles. The second-order valence-corrected chi connectivity index (χ2v) is 11.2. The number of aryl methyl sites for hydroxylation is 1. The van der Waals surface area contributed by atoms with Crippen molar-refractivity contribution in [2.75, 3.05) is 24.9 Å². The van der Waals surface area contributed by atoms with Crippen molar-refractivity contribution in [1.29, 1.82) is 0 Å². The summed E-state index contributed by atoms with van der Waals surface area (Å²) in [6, 6.07) is 14.2. The van der Waals surface area contributed by atoms with E-state index in [1.807, 2.05) is 25.1 Å². The highest BCUT2D eigenvalue weighted by Crippen LogP contribution is 2.38. The van der Waals surface area contributed by atoms with Crippen LogP contribution in [-0.2, 0) is 22.4 Å². The van der Waals surface area contributed by atoms with Crippen molar-refractivity contribution >= 4 is 51.6 Å². The first-order chi connectivity index (χ1) is 17.9. The van der Waals surface area contributed by atoms with E-state index in [1.165, 1.54) is 30.2 Å². The van der Waals surface area contributed by atoms with Crippen LogP contribution in [0.3, 0.4) is 0 Å². The summed E-state index contributed by atoms with van der Waals surface area (Å²) in [5.74, 6) is -0.155. The molecule has 2 amide bonds. The molecule has 0 saturated heterocycles. The summed E-state index contributed by atoms with van der Waals surface area (Å²) in [6.45, 7) is 1.82. The molecule has 1 aliphatic rings. The fraction of sp³-hybridized carbons (Fsp3) is 0.321. The summed E-state index contributed by atoms with van der Waals surface area (Å²) in [6.07, 6.45) is 4.99. The number of nitrogens with one attached hydrogen (secondary N) is 2. The van der Waals surface area contributed by atoms with Gasteiger partial charge in [-0.3, -0.25) is 9.59 Å². The Morgan fingerprint density at radius 3 is 2.46 bits per heavy atom. The van der Waals surface area contributed by atoms with Crippen molar-refractivity contribution in [3.8, 4) is 5.75 Å². The van der Waals surface area contributed by atoms with Crippen LogP contribution >= 0.6 is 23.1 Å². The summed E-state index contributed by atoms with van der Waals surface area (Å²) in [5, 5.41) is 6.01. The minimum Gasteiger partial charge on any atom is -0.497 e. The zero-order valence-electron chi connectivity index (χ0n) is 21.1. The second kappa shape index (κ2) is 12.3. The molecule has 0 spiro atoms. The van der Waals surface area contributed by atoms with Crippen LogP contribution in [0.4, 0.5) is 10.7 Å². The molecule has 2 aromatic carbocycles. The maximum absolute atomic E-state index is 13.1. The lowest BCUT2D eigenvalue weighted by atomic mass is 10.1. The Hall–Kier alpha value is -3.30. The van der Waals surface area contributed by atoms with Gasteiger partial charge in [-0.1, -0.05) is 12.5 Å². The van der Waals surface area contributed by atoms with Crippen LogP contribution in [0, 0.1) is 0 Å². The molecule has 9 heteroatoms. The minimum absolute atomic E-state index is 0.195. The van der Waals surface area contributed by atoms with E-state index >= 15 is 0 Å². The maximum atomic E-state index is 13.1. The molecule has 4 rings (SSSR count). The Labute approximate surface area is 224 Å². The molecule has 1 aliphatic carbocycles. The lowest BCUT2D eigenvalue weighted by Crippen LogP contribution is -2.23. The summed E-state index contributed by atoms with van der Waals surface area (Å²) in [4.78, 5) is 40.3. The van der Waals surface area contributed by atoms with Crippen molar-refractivity contribution in [2.24, 2.45) is 0 Å². The predicted molar refractivity (Wildman–Crippen MR) is 148 cm³/mol. The van der Waals surface area contributed by atoms with Crippen LogP contribution in [0.1, 0.15) is 57.3 Å². The van der Waals surface area contributed by atoms with Crippen LogP contribution in [0.5, 0.6) is 5.75 Å². The number of hydrogen-bond donors (Lipinski definition) is 2. The number of rotatable bonds is 8. The van der Waals surface area contributed by atoms with E-state index in [1.54, 1.807) is 37.4 Å².